The molecule has 1 aromatic heterocycles. The zero-order valence-corrected chi connectivity index (χ0v) is 12.9. The molecule has 1 amide bonds. The highest BCUT2D eigenvalue weighted by molar-refractivity contribution is 5.91. The van der Waals surface area contributed by atoms with E-state index in [9.17, 15) is 18.4 Å². The van der Waals surface area contributed by atoms with E-state index in [1.54, 1.807) is 11.0 Å². The van der Waals surface area contributed by atoms with Crippen LogP contribution in [0.3, 0.4) is 0 Å². The summed E-state index contributed by atoms with van der Waals surface area (Å²) in [5.41, 5.74) is 0.142. The minimum absolute atomic E-state index is 0.0274. The number of aromatic amines is 1. The molecule has 5 nitrogen and oxygen atoms in total. The molecule has 1 aliphatic heterocycles. The lowest BCUT2D eigenvalue weighted by atomic mass is 9.61. The topological polar surface area (TPSA) is 66.3 Å². The van der Waals surface area contributed by atoms with E-state index in [1.165, 1.54) is 6.07 Å². The second kappa shape index (κ2) is 5.29. The van der Waals surface area contributed by atoms with Gasteiger partial charge in [0.05, 0.1) is 6.07 Å². The summed E-state index contributed by atoms with van der Waals surface area (Å²) in [7, 11) is 0. The molecular formula is C17H16F2N2O3. The molecule has 4 rings (SSSR count). The van der Waals surface area contributed by atoms with Crippen molar-refractivity contribution in [2.75, 3.05) is 13.1 Å². The van der Waals surface area contributed by atoms with Gasteiger partial charge in [-0.15, -0.1) is 0 Å². The molecule has 2 aliphatic rings. The Kier molecular flexibility index (Phi) is 3.33. The predicted molar refractivity (Wildman–Crippen MR) is 80.6 cm³/mol. The van der Waals surface area contributed by atoms with E-state index < -0.39 is 17.2 Å². The lowest BCUT2D eigenvalue weighted by Crippen LogP contribution is -2.37. The fourth-order valence-corrected chi connectivity index (χ4v) is 3.99. The Bertz CT molecular complexity index is 854. The van der Waals surface area contributed by atoms with E-state index in [0.29, 0.717) is 18.7 Å². The van der Waals surface area contributed by atoms with Crippen LogP contribution in [0.1, 0.15) is 41.3 Å². The van der Waals surface area contributed by atoms with Gasteiger partial charge in [-0.05, 0) is 36.0 Å². The summed E-state index contributed by atoms with van der Waals surface area (Å²) in [4.78, 5) is 25.3. The van der Waals surface area contributed by atoms with Crippen molar-refractivity contribution >= 4 is 5.91 Å². The molecule has 1 N–H and O–H groups in total. The maximum absolute atomic E-state index is 13.6. The maximum atomic E-state index is 13.6. The molecule has 7 heteroatoms. The number of hydrogen-bond acceptors (Lipinski definition) is 3. The van der Waals surface area contributed by atoms with Gasteiger partial charge in [0.2, 0.25) is 5.76 Å². The van der Waals surface area contributed by atoms with Crippen LogP contribution >= 0.6 is 0 Å². The Hall–Kier alpha value is -2.44. The lowest BCUT2D eigenvalue weighted by Gasteiger charge is -2.43. The minimum atomic E-state index is -0.874. The van der Waals surface area contributed by atoms with Crippen LogP contribution in [0.4, 0.5) is 8.78 Å². The number of hydrogen-bond donors (Lipinski definition) is 1. The smallest absolute Gasteiger partial charge is 0.292 e. The zero-order chi connectivity index (χ0) is 16.9. The summed E-state index contributed by atoms with van der Waals surface area (Å²) in [6, 6.07) is 5.07. The molecule has 126 valence electrons. The molecule has 1 spiro atoms. The number of halogens is 2. The van der Waals surface area contributed by atoms with E-state index in [0.717, 1.165) is 31.4 Å². The van der Waals surface area contributed by atoms with Crippen LogP contribution in [0.2, 0.25) is 0 Å². The van der Waals surface area contributed by atoms with Gasteiger partial charge in [-0.1, -0.05) is 12.5 Å². The van der Waals surface area contributed by atoms with Crippen LogP contribution in [0.25, 0.3) is 0 Å². The molecule has 2 aromatic rings. The van der Waals surface area contributed by atoms with Crippen LogP contribution in [0, 0.1) is 17.0 Å². The first-order valence-corrected chi connectivity index (χ1v) is 7.91. The molecule has 1 aliphatic carbocycles. The van der Waals surface area contributed by atoms with Gasteiger partial charge in [-0.25, -0.2) is 8.78 Å². The van der Waals surface area contributed by atoms with Crippen molar-refractivity contribution < 1.29 is 18.1 Å². The quantitative estimate of drug-likeness (QED) is 0.918. The number of H-pyrrole nitrogens is 1. The summed E-state index contributed by atoms with van der Waals surface area (Å²) in [5, 5.41) is 2.11. The number of benzene rings is 1. The molecule has 24 heavy (non-hydrogen) atoms. The Balaban J connectivity index is 1.64. The van der Waals surface area contributed by atoms with Crippen molar-refractivity contribution in [3.05, 3.63) is 57.6 Å². The number of carbonyl (C=O) groups excluding carboxylic acids is 1. The van der Waals surface area contributed by atoms with Crippen LogP contribution < -0.4 is 5.56 Å². The van der Waals surface area contributed by atoms with Crippen molar-refractivity contribution in [3.8, 4) is 0 Å². The lowest BCUT2D eigenvalue weighted by molar-refractivity contribution is 0.0686. The third-order valence-electron chi connectivity index (χ3n) is 5.37. The van der Waals surface area contributed by atoms with Crippen molar-refractivity contribution in [3.63, 3.8) is 0 Å². The van der Waals surface area contributed by atoms with E-state index in [4.69, 9.17) is 4.52 Å². The van der Waals surface area contributed by atoms with E-state index >= 15 is 0 Å². The van der Waals surface area contributed by atoms with Gasteiger partial charge in [0.1, 0.15) is 0 Å². The SMILES string of the molecule is O=C(c1cc(=O)[nH]o1)N1C[C@H](c2ccc(F)c(F)c2)C2(CCC2)C1. The summed E-state index contributed by atoms with van der Waals surface area (Å²) in [6.45, 7) is 0.934. The van der Waals surface area contributed by atoms with E-state index in [-0.39, 0.29) is 23.0 Å². The predicted octanol–water partition coefficient (Wildman–Crippen LogP) is 2.66. The van der Waals surface area contributed by atoms with Gasteiger partial charge in [0, 0.05) is 19.0 Å². The highest BCUT2D eigenvalue weighted by Gasteiger charge is 2.52. The molecular weight excluding hydrogens is 318 g/mol. The summed E-state index contributed by atoms with van der Waals surface area (Å²) in [5.74, 6) is -2.18. The van der Waals surface area contributed by atoms with Crippen molar-refractivity contribution in [1.82, 2.24) is 10.1 Å². The van der Waals surface area contributed by atoms with Gasteiger partial charge < -0.3 is 9.42 Å². The number of rotatable bonds is 2. The highest BCUT2D eigenvalue weighted by atomic mass is 19.2. The number of amides is 1. The summed E-state index contributed by atoms with van der Waals surface area (Å²) in [6.07, 6.45) is 2.94. The highest BCUT2D eigenvalue weighted by Crippen LogP contribution is 2.56. The van der Waals surface area contributed by atoms with Crippen molar-refractivity contribution in [2.45, 2.75) is 25.2 Å². The summed E-state index contributed by atoms with van der Waals surface area (Å²) >= 11 is 0. The fraction of sp³-hybridized carbons (Fsp3) is 0.412. The third kappa shape index (κ3) is 2.26. The molecule has 1 saturated heterocycles. The van der Waals surface area contributed by atoms with Gasteiger partial charge >= 0.3 is 0 Å². The molecule has 2 heterocycles. The Morgan fingerprint density at radius 3 is 2.62 bits per heavy atom. The molecule has 0 bridgehead atoms. The molecule has 1 atom stereocenters. The first-order chi connectivity index (χ1) is 11.5. The maximum Gasteiger partial charge on any atom is 0.292 e. The van der Waals surface area contributed by atoms with Crippen LogP contribution in [0.5, 0.6) is 0 Å². The Morgan fingerprint density at radius 1 is 1.25 bits per heavy atom. The standard InChI is InChI=1S/C17H16F2N2O3/c18-12-3-2-10(6-13(12)19)11-8-21(9-17(11)4-1-5-17)16(23)14-7-15(22)20-24-14/h2-3,6-7,11H,1,4-5,8-9H2,(H,20,22)/t11-/m1/s1. The molecule has 0 radical (unpaired) electrons. The molecule has 1 saturated carbocycles. The minimum Gasteiger partial charge on any atom is -0.373 e. The Morgan fingerprint density at radius 2 is 2.04 bits per heavy atom. The number of nitrogens with zero attached hydrogens (tertiary/aromatic N) is 1. The van der Waals surface area contributed by atoms with Gasteiger partial charge in [-0.2, -0.15) is 5.16 Å². The van der Waals surface area contributed by atoms with Crippen molar-refractivity contribution in [1.29, 1.82) is 0 Å². The van der Waals surface area contributed by atoms with Crippen LogP contribution in [-0.4, -0.2) is 29.1 Å². The summed E-state index contributed by atoms with van der Waals surface area (Å²) < 4.78 is 31.7. The molecule has 1 aromatic carbocycles. The largest absolute Gasteiger partial charge is 0.373 e. The first kappa shape index (κ1) is 15.1. The van der Waals surface area contributed by atoms with E-state index in [2.05, 4.69) is 5.16 Å². The molecule has 0 unspecified atom stereocenters. The zero-order valence-electron chi connectivity index (χ0n) is 12.9. The second-order valence-corrected chi connectivity index (χ2v) is 6.70. The third-order valence-corrected chi connectivity index (χ3v) is 5.37. The first-order valence-electron chi connectivity index (χ1n) is 7.91. The number of nitrogens with one attached hydrogen (secondary N) is 1. The fourth-order valence-electron chi connectivity index (χ4n) is 3.99. The molecule has 2 fully saturated rings. The Labute approximate surface area is 136 Å². The average Bonchev–Trinajstić information content (AvgIpc) is 3.13. The van der Waals surface area contributed by atoms with Gasteiger partial charge in [-0.3, -0.25) is 9.59 Å². The van der Waals surface area contributed by atoms with Gasteiger partial charge in [0.25, 0.3) is 11.5 Å². The van der Waals surface area contributed by atoms with Gasteiger partial charge in [0.15, 0.2) is 11.6 Å². The monoisotopic (exact) mass is 334 g/mol. The number of aromatic nitrogens is 1. The van der Waals surface area contributed by atoms with Crippen LogP contribution in [-0.2, 0) is 0 Å². The van der Waals surface area contributed by atoms with Crippen molar-refractivity contribution in [2.24, 2.45) is 5.41 Å². The second-order valence-electron chi connectivity index (χ2n) is 6.70. The van der Waals surface area contributed by atoms with Crippen LogP contribution in [0.15, 0.2) is 33.6 Å². The normalized spacial score (nSPS) is 21.9. The average molecular weight is 334 g/mol. The number of likely N-dealkylation sites (tertiary alicyclic amines) is 1. The number of carbonyl (C=O) groups is 1. The van der Waals surface area contributed by atoms with E-state index in [1.807, 2.05) is 0 Å².